The average Bonchev–Trinajstić information content (AvgIpc) is 3.20. The van der Waals surface area contributed by atoms with Crippen LogP contribution in [-0.2, 0) is 14.8 Å². The number of carbonyl (C=O) groups excluding carboxylic acids is 1. The van der Waals surface area contributed by atoms with Crippen LogP contribution in [0.3, 0.4) is 0 Å². The fraction of sp³-hybridized carbons (Fsp3) is 0.520. The monoisotopic (exact) mass is 471 g/mol. The quantitative estimate of drug-likeness (QED) is 0.598. The maximum Gasteiger partial charge on any atom is 0.416 e. The van der Waals surface area contributed by atoms with Gasteiger partial charge < -0.3 is 4.74 Å². The molecule has 4 rings (SSSR count). The standard InChI is InChI=1S/C25H33N3O4S/c1-18-10-13-21(14-11-18)33(30,31)27-16-6-9-22(27)19-12-15-23(26-17-19)28(20-7-5-8-20)24(29)32-25(2,3)4/h10-15,17,20,22H,5-9,16H2,1-4H3/t22-/m1/s1. The second-order valence-corrected chi connectivity index (χ2v) is 11.9. The van der Waals surface area contributed by atoms with Gasteiger partial charge in [-0.15, -0.1) is 0 Å². The van der Waals surface area contributed by atoms with E-state index in [0.29, 0.717) is 17.3 Å². The molecular formula is C25H33N3O4S. The zero-order valence-electron chi connectivity index (χ0n) is 19.8. The number of carbonyl (C=O) groups is 1. The van der Waals surface area contributed by atoms with Gasteiger partial charge in [0.1, 0.15) is 11.4 Å². The third-order valence-electron chi connectivity index (χ3n) is 6.26. The summed E-state index contributed by atoms with van der Waals surface area (Å²) >= 11 is 0. The lowest BCUT2D eigenvalue weighted by Gasteiger charge is -2.37. The second-order valence-electron chi connectivity index (χ2n) is 9.97. The molecule has 0 spiro atoms. The van der Waals surface area contributed by atoms with Crippen molar-refractivity contribution in [3.63, 3.8) is 0 Å². The Morgan fingerprint density at radius 1 is 1.06 bits per heavy atom. The van der Waals surface area contributed by atoms with Gasteiger partial charge in [-0.2, -0.15) is 4.31 Å². The maximum absolute atomic E-state index is 13.3. The molecule has 0 radical (unpaired) electrons. The number of aromatic nitrogens is 1. The Kier molecular flexibility index (Phi) is 6.51. The number of hydrogen-bond acceptors (Lipinski definition) is 5. The molecule has 1 saturated heterocycles. The van der Waals surface area contributed by atoms with Gasteiger partial charge in [0, 0.05) is 18.8 Å². The van der Waals surface area contributed by atoms with Crippen molar-refractivity contribution in [2.45, 2.75) is 82.4 Å². The van der Waals surface area contributed by atoms with Crippen molar-refractivity contribution in [3.8, 4) is 0 Å². The Morgan fingerprint density at radius 3 is 2.30 bits per heavy atom. The Morgan fingerprint density at radius 2 is 1.76 bits per heavy atom. The molecule has 7 nitrogen and oxygen atoms in total. The molecule has 0 bridgehead atoms. The first-order chi connectivity index (χ1) is 15.6. The summed E-state index contributed by atoms with van der Waals surface area (Å²) in [5.41, 5.74) is 1.27. The summed E-state index contributed by atoms with van der Waals surface area (Å²) < 4.78 is 33.8. The van der Waals surface area contributed by atoms with E-state index in [0.717, 1.165) is 43.2 Å². The molecule has 2 fully saturated rings. The molecule has 1 aromatic carbocycles. The predicted molar refractivity (Wildman–Crippen MR) is 128 cm³/mol. The lowest BCUT2D eigenvalue weighted by atomic mass is 9.91. The largest absolute Gasteiger partial charge is 0.443 e. The molecule has 2 aromatic rings. The molecule has 178 valence electrons. The molecule has 1 atom stereocenters. The highest BCUT2D eigenvalue weighted by Gasteiger charge is 2.37. The van der Waals surface area contributed by atoms with Crippen LogP contribution < -0.4 is 4.90 Å². The molecule has 2 heterocycles. The summed E-state index contributed by atoms with van der Waals surface area (Å²) in [6, 6.07) is 10.5. The fourth-order valence-corrected chi connectivity index (χ4v) is 6.01. The maximum atomic E-state index is 13.3. The lowest BCUT2D eigenvalue weighted by Crippen LogP contribution is -2.47. The molecule has 1 saturated carbocycles. The molecule has 1 aliphatic heterocycles. The summed E-state index contributed by atoms with van der Waals surface area (Å²) in [5.74, 6) is 0.545. The van der Waals surface area contributed by atoms with Gasteiger partial charge in [0.2, 0.25) is 10.0 Å². The second kappa shape index (κ2) is 9.06. The summed E-state index contributed by atoms with van der Waals surface area (Å²) in [6.07, 6.45) is 5.78. The van der Waals surface area contributed by atoms with Gasteiger partial charge in [-0.25, -0.2) is 18.2 Å². The fourth-order valence-electron chi connectivity index (χ4n) is 4.33. The van der Waals surface area contributed by atoms with Crippen LogP contribution in [0, 0.1) is 6.92 Å². The van der Waals surface area contributed by atoms with Crippen LogP contribution in [0.1, 0.15) is 70.0 Å². The van der Waals surface area contributed by atoms with Crippen LogP contribution in [0.2, 0.25) is 0 Å². The Labute approximate surface area is 196 Å². The van der Waals surface area contributed by atoms with E-state index in [9.17, 15) is 13.2 Å². The topological polar surface area (TPSA) is 79.8 Å². The van der Waals surface area contributed by atoms with Gasteiger partial charge in [-0.3, -0.25) is 4.90 Å². The molecule has 33 heavy (non-hydrogen) atoms. The van der Waals surface area contributed by atoms with Crippen LogP contribution in [0.4, 0.5) is 10.6 Å². The van der Waals surface area contributed by atoms with Crippen molar-refractivity contribution in [3.05, 3.63) is 53.7 Å². The zero-order chi connectivity index (χ0) is 23.8. The Balaban J connectivity index is 1.57. The van der Waals surface area contributed by atoms with Crippen molar-refractivity contribution < 1.29 is 17.9 Å². The first-order valence-corrected chi connectivity index (χ1v) is 13.1. The first kappa shape index (κ1) is 23.7. The van der Waals surface area contributed by atoms with E-state index in [4.69, 9.17) is 4.74 Å². The van der Waals surface area contributed by atoms with E-state index in [1.807, 2.05) is 52.0 Å². The number of hydrogen-bond donors (Lipinski definition) is 0. The summed E-state index contributed by atoms with van der Waals surface area (Å²) in [4.78, 5) is 19.4. The molecular weight excluding hydrogens is 438 g/mol. The molecule has 0 N–H and O–H groups in total. The highest BCUT2D eigenvalue weighted by molar-refractivity contribution is 7.89. The van der Waals surface area contributed by atoms with Crippen LogP contribution >= 0.6 is 0 Å². The van der Waals surface area contributed by atoms with Gasteiger partial charge in [-0.1, -0.05) is 23.8 Å². The van der Waals surface area contributed by atoms with E-state index in [1.54, 1.807) is 27.5 Å². The smallest absolute Gasteiger partial charge is 0.416 e. The van der Waals surface area contributed by atoms with Crippen LogP contribution in [0.5, 0.6) is 0 Å². The summed E-state index contributed by atoms with van der Waals surface area (Å²) in [6.45, 7) is 7.97. The molecule has 1 aliphatic carbocycles. The SMILES string of the molecule is Cc1ccc(S(=O)(=O)N2CCC[C@@H]2c2ccc(N(C(=O)OC(C)(C)C)C3CCC3)nc2)cc1. The van der Waals surface area contributed by atoms with Gasteiger partial charge in [0.25, 0.3) is 0 Å². The summed E-state index contributed by atoms with van der Waals surface area (Å²) in [5, 5.41) is 0. The third kappa shape index (κ3) is 5.06. The third-order valence-corrected chi connectivity index (χ3v) is 8.19. The van der Waals surface area contributed by atoms with Gasteiger partial charge >= 0.3 is 6.09 Å². The number of aryl methyl sites for hydroxylation is 1. The van der Waals surface area contributed by atoms with Gasteiger partial charge in [0.05, 0.1) is 10.9 Å². The number of amides is 1. The van der Waals surface area contributed by atoms with Gasteiger partial charge in [0.15, 0.2) is 0 Å². The van der Waals surface area contributed by atoms with E-state index < -0.39 is 21.7 Å². The van der Waals surface area contributed by atoms with E-state index in [-0.39, 0.29) is 12.1 Å². The number of benzene rings is 1. The first-order valence-electron chi connectivity index (χ1n) is 11.6. The molecule has 1 aromatic heterocycles. The molecule has 1 amide bonds. The number of ether oxygens (including phenoxy) is 1. The van der Waals surface area contributed by atoms with E-state index in [2.05, 4.69) is 4.98 Å². The van der Waals surface area contributed by atoms with Gasteiger partial charge in [-0.05, 0) is 83.6 Å². The highest BCUT2D eigenvalue weighted by atomic mass is 32.2. The Hall–Kier alpha value is -2.45. The van der Waals surface area contributed by atoms with Crippen molar-refractivity contribution in [1.82, 2.24) is 9.29 Å². The average molecular weight is 472 g/mol. The van der Waals surface area contributed by atoms with Crippen LogP contribution in [0.25, 0.3) is 0 Å². The minimum absolute atomic E-state index is 0.0862. The summed E-state index contributed by atoms with van der Waals surface area (Å²) in [7, 11) is -3.60. The van der Waals surface area contributed by atoms with E-state index in [1.165, 1.54) is 0 Å². The molecule has 0 unspecified atom stereocenters. The molecule has 8 heteroatoms. The van der Waals surface area contributed by atoms with Crippen LogP contribution in [0.15, 0.2) is 47.5 Å². The number of pyridine rings is 1. The predicted octanol–water partition coefficient (Wildman–Crippen LogP) is 5.21. The lowest BCUT2D eigenvalue weighted by molar-refractivity contribution is 0.0548. The highest BCUT2D eigenvalue weighted by Crippen LogP contribution is 2.37. The van der Waals surface area contributed by atoms with E-state index >= 15 is 0 Å². The molecule has 2 aliphatic rings. The van der Waals surface area contributed by atoms with Crippen molar-refractivity contribution in [1.29, 1.82) is 0 Å². The van der Waals surface area contributed by atoms with Crippen LogP contribution in [-0.4, -0.2) is 42.0 Å². The zero-order valence-corrected chi connectivity index (χ0v) is 20.6. The van der Waals surface area contributed by atoms with Crippen molar-refractivity contribution >= 4 is 21.9 Å². The number of rotatable bonds is 5. The Bertz CT molecular complexity index is 1090. The normalized spacial score (nSPS) is 19.8. The number of nitrogens with zero attached hydrogens (tertiary/aromatic N) is 3. The number of sulfonamides is 1. The minimum Gasteiger partial charge on any atom is -0.443 e. The minimum atomic E-state index is -3.60. The van der Waals surface area contributed by atoms with Crippen molar-refractivity contribution in [2.75, 3.05) is 11.4 Å². The van der Waals surface area contributed by atoms with Crippen molar-refractivity contribution in [2.24, 2.45) is 0 Å². The number of anilines is 1.